The SMILES string of the molecule is COc1cc(Br)c(O)c([C@@H](N)C2CCCC2)c1.Cl. The Morgan fingerprint density at radius 1 is 1.39 bits per heavy atom. The standard InChI is InChI=1S/C13H18BrNO2.ClH/c1-17-9-6-10(13(16)11(14)7-9)12(15)8-4-2-3-5-8;/h6-8,12,16H,2-5,15H2,1H3;1H/t12-;/m0./s1. The van der Waals surface area contributed by atoms with Crippen LogP contribution in [0.4, 0.5) is 0 Å². The predicted molar refractivity (Wildman–Crippen MR) is 78.5 cm³/mol. The van der Waals surface area contributed by atoms with Gasteiger partial charge in [0.1, 0.15) is 11.5 Å². The maximum Gasteiger partial charge on any atom is 0.134 e. The molecule has 3 N–H and O–H groups in total. The van der Waals surface area contributed by atoms with E-state index in [-0.39, 0.29) is 24.2 Å². The van der Waals surface area contributed by atoms with Gasteiger partial charge in [-0.25, -0.2) is 0 Å². The summed E-state index contributed by atoms with van der Waals surface area (Å²) >= 11 is 3.33. The summed E-state index contributed by atoms with van der Waals surface area (Å²) in [5.41, 5.74) is 7.04. The van der Waals surface area contributed by atoms with Gasteiger partial charge in [-0.2, -0.15) is 0 Å². The highest BCUT2D eigenvalue weighted by atomic mass is 79.9. The second-order valence-electron chi connectivity index (χ2n) is 4.62. The largest absolute Gasteiger partial charge is 0.506 e. The molecule has 1 atom stereocenters. The quantitative estimate of drug-likeness (QED) is 0.883. The maximum atomic E-state index is 10.1. The molecule has 0 aliphatic heterocycles. The molecule has 0 bridgehead atoms. The lowest BCUT2D eigenvalue weighted by Gasteiger charge is -2.21. The first kappa shape index (κ1) is 15.6. The zero-order chi connectivity index (χ0) is 12.4. The van der Waals surface area contributed by atoms with Gasteiger partial charge >= 0.3 is 0 Å². The van der Waals surface area contributed by atoms with E-state index in [1.165, 1.54) is 12.8 Å². The number of methoxy groups -OCH3 is 1. The third-order valence-corrected chi connectivity index (χ3v) is 4.17. The summed E-state index contributed by atoms with van der Waals surface area (Å²) in [5, 5.41) is 10.1. The smallest absolute Gasteiger partial charge is 0.134 e. The molecule has 1 aliphatic carbocycles. The van der Waals surface area contributed by atoms with Crippen LogP contribution in [0, 0.1) is 5.92 Å². The van der Waals surface area contributed by atoms with Gasteiger partial charge in [-0.1, -0.05) is 12.8 Å². The minimum Gasteiger partial charge on any atom is -0.506 e. The Balaban J connectivity index is 0.00000162. The van der Waals surface area contributed by atoms with Crippen molar-refractivity contribution in [2.45, 2.75) is 31.7 Å². The van der Waals surface area contributed by atoms with E-state index in [0.717, 1.165) is 24.2 Å². The van der Waals surface area contributed by atoms with Crippen LogP contribution in [-0.4, -0.2) is 12.2 Å². The fraction of sp³-hybridized carbons (Fsp3) is 0.538. The number of rotatable bonds is 3. The fourth-order valence-corrected chi connectivity index (χ4v) is 2.99. The molecule has 1 aromatic rings. The summed E-state index contributed by atoms with van der Waals surface area (Å²) in [6.45, 7) is 0. The molecule has 0 amide bonds. The Morgan fingerprint density at radius 2 is 2.00 bits per heavy atom. The van der Waals surface area contributed by atoms with Gasteiger partial charge in [0, 0.05) is 11.6 Å². The number of hydrogen-bond acceptors (Lipinski definition) is 3. The van der Waals surface area contributed by atoms with Crippen molar-refractivity contribution in [2.75, 3.05) is 7.11 Å². The van der Waals surface area contributed by atoms with Crippen molar-refractivity contribution < 1.29 is 9.84 Å². The molecule has 0 aromatic heterocycles. The fourth-order valence-electron chi connectivity index (χ4n) is 2.54. The van der Waals surface area contributed by atoms with Crippen LogP contribution in [-0.2, 0) is 0 Å². The van der Waals surface area contributed by atoms with E-state index in [2.05, 4.69) is 15.9 Å². The van der Waals surface area contributed by atoms with E-state index >= 15 is 0 Å². The molecule has 102 valence electrons. The molecule has 1 aliphatic rings. The third-order valence-electron chi connectivity index (χ3n) is 3.57. The van der Waals surface area contributed by atoms with Crippen molar-refractivity contribution in [1.82, 2.24) is 0 Å². The van der Waals surface area contributed by atoms with Crippen LogP contribution in [0.25, 0.3) is 0 Å². The van der Waals surface area contributed by atoms with Crippen LogP contribution >= 0.6 is 28.3 Å². The van der Waals surface area contributed by atoms with Crippen LogP contribution in [0.5, 0.6) is 11.5 Å². The average molecular weight is 337 g/mol. The Labute approximate surface area is 122 Å². The minimum absolute atomic E-state index is 0. The molecule has 1 fully saturated rings. The summed E-state index contributed by atoms with van der Waals surface area (Å²) < 4.78 is 5.85. The van der Waals surface area contributed by atoms with Gasteiger partial charge < -0.3 is 15.6 Å². The zero-order valence-corrected chi connectivity index (χ0v) is 12.8. The molecule has 0 unspecified atom stereocenters. The summed E-state index contributed by atoms with van der Waals surface area (Å²) in [6, 6.07) is 3.48. The van der Waals surface area contributed by atoms with Crippen molar-refractivity contribution in [1.29, 1.82) is 0 Å². The lowest BCUT2D eigenvalue weighted by atomic mass is 9.92. The average Bonchev–Trinajstić information content (AvgIpc) is 2.85. The number of halogens is 2. The van der Waals surface area contributed by atoms with E-state index in [4.69, 9.17) is 10.5 Å². The number of ether oxygens (including phenoxy) is 1. The van der Waals surface area contributed by atoms with E-state index in [1.807, 2.05) is 6.07 Å². The van der Waals surface area contributed by atoms with Gasteiger partial charge in [0.25, 0.3) is 0 Å². The second kappa shape index (κ2) is 6.64. The van der Waals surface area contributed by atoms with Crippen LogP contribution < -0.4 is 10.5 Å². The van der Waals surface area contributed by atoms with Gasteiger partial charge in [-0.3, -0.25) is 0 Å². The van der Waals surface area contributed by atoms with Gasteiger partial charge in [0.05, 0.1) is 11.6 Å². The predicted octanol–water partition coefficient (Wildman–Crippen LogP) is 3.78. The summed E-state index contributed by atoms with van der Waals surface area (Å²) in [4.78, 5) is 0. The second-order valence-corrected chi connectivity index (χ2v) is 5.47. The molecule has 0 heterocycles. The topological polar surface area (TPSA) is 55.5 Å². The van der Waals surface area contributed by atoms with Crippen LogP contribution in [0.2, 0.25) is 0 Å². The number of hydrogen-bond donors (Lipinski definition) is 2. The van der Waals surface area contributed by atoms with Crippen LogP contribution in [0.3, 0.4) is 0 Å². The van der Waals surface area contributed by atoms with E-state index in [1.54, 1.807) is 13.2 Å². The van der Waals surface area contributed by atoms with Crippen LogP contribution in [0.1, 0.15) is 37.3 Å². The highest BCUT2D eigenvalue weighted by Crippen LogP contribution is 2.41. The first-order chi connectivity index (χ1) is 8.13. The maximum absolute atomic E-state index is 10.1. The highest BCUT2D eigenvalue weighted by molar-refractivity contribution is 9.10. The molecule has 18 heavy (non-hydrogen) atoms. The first-order valence-electron chi connectivity index (χ1n) is 5.95. The number of aromatic hydroxyl groups is 1. The molecule has 2 rings (SSSR count). The lowest BCUT2D eigenvalue weighted by Crippen LogP contribution is -2.19. The number of phenolic OH excluding ortho intramolecular Hbond substituents is 1. The van der Waals surface area contributed by atoms with E-state index < -0.39 is 0 Å². The minimum atomic E-state index is -0.108. The molecule has 5 heteroatoms. The van der Waals surface area contributed by atoms with Crippen molar-refractivity contribution in [3.05, 3.63) is 22.2 Å². The van der Waals surface area contributed by atoms with Crippen LogP contribution in [0.15, 0.2) is 16.6 Å². The molecule has 1 saturated carbocycles. The zero-order valence-electron chi connectivity index (χ0n) is 10.4. The van der Waals surface area contributed by atoms with E-state index in [0.29, 0.717) is 10.4 Å². The van der Waals surface area contributed by atoms with Crippen molar-refractivity contribution in [2.24, 2.45) is 11.7 Å². The van der Waals surface area contributed by atoms with Crippen molar-refractivity contribution in [3.8, 4) is 11.5 Å². The third kappa shape index (κ3) is 3.11. The highest BCUT2D eigenvalue weighted by Gasteiger charge is 2.26. The number of phenols is 1. The molecule has 0 saturated heterocycles. The van der Waals surface area contributed by atoms with Crippen molar-refractivity contribution >= 4 is 28.3 Å². The normalized spacial score (nSPS) is 17.3. The van der Waals surface area contributed by atoms with Crippen molar-refractivity contribution in [3.63, 3.8) is 0 Å². The van der Waals surface area contributed by atoms with Gasteiger partial charge in [-0.15, -0.1) is 12.4 Å². The molecule has 0 radical (unpaired) electrons. The Morgan fingerprint density at radius 3 is 2.56 bits per heavy atom. The molecule has 1 aromatic carbocycles. The summed E-state index contributed by atoms with van der Waals surface area (Å²) in [7, 11) is 1.61. The first-order valence-corrected chi connectivity index (χ1v) is 6.74. The molecular formula is C13H19BrClNO2. The Bertz CT molecular complexity index is 408. The van der Waals surface area contributed by atoms with Gasteiger partial charge in [0.15, 0.2) is 0 Å². The number of benzene rings is 1. The molecule has 0 spiro atoms. The number of nitrogens with two attached hydrogens (primary N) is 1. The summed E-state index contributed by atoms with van der Waals surface area (Å²) in [6.07, 6.45) is 4.78. The molecule has 3 nitrogen and oxygen atoms in total. The van der Waals surface area contributed by atoms with Gasteiger partial charge in [0.2, 0.25) is 0 Å². The van der Waals surface area contributed by atoms with Gasteiger partial charge in [-0.05, 0) is 46.8 Å². The molecular weight excluding hydrogens is 318 g/mol. The Hall–Kier alpha value is -0.450. The Kier molecular flexibility index (Phi) is 5.76. The summed E-state index contributed by atoms with van der Waals surface area (Å²) in [5.74, 6) is 1.43. The van der Waals surface area contributed by atoms with E-state index in [9.17, 15) is 5.11 Å². The lowest BCUT2D eigenvalue weighted by molar-refractivity contribution is 0.394. The monoisotopic (exact) mass is 335 g/mol.